The summed E-state index contributed by atoms with van der Waals surface area (Å²) >= 11 is 5.78. The van der Waals surface area contributed by atoms with E-state index in [1.165, 1.54) is 0 Å². The number of hydrogen-bond acceptors (Lipinski definition) is 3. The van der Waals surface area contributed by atoms with Crippen LogP contribution in [0.5, 0.6) is 0 Å². The molecule has 2 fully saturated rings. The van der Waals surface area contributed by atoms with Crippen LogP contribution in [0.4, 0.5) is 0 Å². The molecule has 0 aliphatic carbocycles. The molecule has 2 aliphatic heterocycles. The summed E-state index contributed by atoms with van der Waals surface area (Å²) in [6.45, 7) is 0.679. The van der Waals surface area contributed by atoms with Gasteiger partial charge in [-0.1, -0.05) is 0 Å². The molecule has 0 radical (unpaired) electrons. The standard InChI is InChI=1S/C7H9ClO3/c8-5-4-2-1-3-10-7(4)11-6(5)9/h4-5,7H,1-3H2. The first-order valence-corrected chi connectivity index (χ1v) is 4.19. The van der Waals surface area contributed by atoms with E-state index in [1.807, 2.05) is 0 Å². The lowest BCUT2D eigenvalue weighted by atomic mass is 9.99. The molecule has 2 rings (SSSR count). The van der Waals surface area contributed by atoms with Gasteiger partial charge in [-0.2, -0.15) is 0 Å². The predicted molar refractivity (Wildman–Crippen MR) is 38.2 cm³/mol. The maximum Gasteiger partial charge on any atom is 0.326 e. The Kier molecular flexibility index (Phi) is 1.77. The molecule has 0 aromatic heterocycles. The maximum atomic E-state index is 10.9. The van der Waals surface area contributed by atoms with Crippen LogP contribution >= 0.6 is 11.6 Å². The summed E-state index contributed by atoms with van der Waals surface area (Å²) < 4.78 is 10.1. The van der Waals surface area contributed by atoms with E-state index in [9.17, 15) is 4.79 Å². The van der Waals surface area contributed by atoms with Crippen molar-refractivity contribution in [2.45, 2.75) is 24.5 Å². The Morgan fingerprint density at radius 1 is 1.55 bits per heavy atom. The average molecular weight is 177 g/mol. The molecule has 0 spiro atoms. The second-order valence-corrected chi connectivity index (χ2v) is 3.35. The molecule has 11 heavy (non-hydrogen) atoms. The van der Waals surface area contributed by atoms with Crippen molar-refractivity contribution >= 4 is 17.6 Å². The number of fused-ring (bicyclic) bond motifs is 1. The summed E-state index contributed by atoms with van der Waals surface area (Å²) in [5, 5.41) is -0.486. The highest BCUT2D eigenvalue weighted by Crippen LogP contribution is 2.34. The third-order valence-corrected chi connectivity index (χ3v) is 2.65. The van der Waals surface area contributed by atoms with Crippen LogP contribution in [0.1, 0.15) is 12.8 Å². The van der Waals surface area contributed by atoms with Crippen molar-refractivity contribution in [1.29, 1.82) is 0 Å². The number of carbonyl (C=O) groups is 1. The first-order chi connectivity index (χ1) is 5.29. The maximum absolute atomic E-state index is 10.9. The molecule has 62 valence electrons. The fourth-order valence-electron chi connectivity index (χ4n) is 1.54. The van der Waals surface area contributed by atoms with Crippen molar-refractivity contribution in [2.24, 2.45) is 5.92 Å². The van der Waals surface area contributed by atoms with Crippen LogP contribution in [0.25, 0.3) is 0 Å². The lowest BCUT2D eigenvalue weighted by molar-refractivity contribution is -0.174. The Bertz CT molecular complexity index is 183. The van der Waals surface area contributed by atoms with E-state index in [0.717, 1.165) is 12.8 Å². The van der Waals surface area contributed by atoms with E-state index in [-0.39, 0.29) is 18.2 Å². The van der Waals surface area contributed by atoms with Gasteiger partial charge in [-0.05, 0) is 12.8 Å². The molecule has 2 saturated heterocycles. The number of hydrogen-bond donors (Lipinski definition) is 0. The number of ether oxygens (including phenoxy) is 2. The van der Waals surface area contributed by atoms with Crippen molar-refractivity contribution < 1.29 is 14.3 Å². The fourth-order valence-corrected chi connectivity index (χ4v) is 1.83. The predicted octanol–water partition coefficient (Wildman–Crippen LogP) is 0.903. The molecular weight excluding hydrogens is 168 g/mol. The highest BCUT2D eigenvalue weighted by atomic mass is 35.5. The van der Waals surface area contributed by atoms with Crippen molar-refractivity contribution in [1.82, 2.24) is 0 Å². The normalized spacial score (nSPS) is 43.4. The van der Waals surface area contributed by atoms with Crippen molar-refractivity contribution in [3.63, 3.8) is 0 Å². The molecule has 3 nitrogen and oxygen atoms in total. The molecule has 2 aliphatic rings. The van der Waals surface area contributed by atoms with Crippen LogP contribution in [0, 0.1) is 5.92 Å². The number of alkyl halides is 1. The minimum atomic E-state index is -0.486. The van der Waals surface area contributed by atoms with Gasteiger partial charge in [-0.15, -0.1) is 11.6 Å². The van der Waals surface area contributed by atoms with Crippen LogP contribution in [0.15, 0.2) is 0 Å². The van der Waals surface area contributed by atoms with Crippen LogP contribution in [-0.2, 0) is 14.3 Å². The molecular formula is C7H9ClO3. The molecule has 3 unspecified atom stereocenters. The second-order valence-electron chi connectivity index (χ2n) is 2.88. The largest absolute Gasteiger partial charge is 0.434 e. The molecule has 2 heterocycles. The highest BCUT2D eigenvalue weighted by Gasteiger charge is 2.45. The molecule has 3 atom stereocenters. The number of carbonyl (C=O) groups excluding carboxylic acids is 1. The zero-order valence-corrected chi connectivity index (χ0v) is 6.71. The summed E-state index contributed by atoms with van der Waals surface area (Å²) in [7, 11) is 0. The molecule has 0 aromatic carbocycles. The van der Waals surface area contributed by atoms with Gasteiger partial charge in [0.15, 0.2) is 0 Å². The van der Waals surface area contributed by atoms with Crippen LogP contribution in [-0.4, -0.2) is 24.2 Å². The molecule has 4 heteroatoms. The van der Waals surface area contributed by atoms with Crippen molar-refractivity contribution in [3.05, 3.63) is 0 Å². The lowest BCUT2D eigenvalue weighted by Crippen LogP contribution is -2.28. The van der Waals surface area contributed by atoms with Crippen molar-refractivity contribution in [2.75, 3.05) is 6.61 Å². The molecule has 0 amide bonds. The topological polar surface area (TPSA) is 35.5 Å². The van der Waals surface area contributed by atoms with Crippen LogP contribution in [0.2, 0.25) is 0 Å². The van der Waals surface area contributed by atoms with E-state index in [1.54, 1.807) is 0 Å². The number of halogens is 1. The highest BCUT2D eigenvalue weighted by molar-refractivity contribution is 6.30. The van der Waals surface area contributed by atoms with Gasteiger partial charge >= 0.3 is 5.97 Å². The SMILES string of the molecule is O=C1OC2OCCCC2C1Cl. The number of rotatable bonds is 0. The van der Waals surface area contributed by atoms with Gasteiger partial charge in [0.25, 0.3) is 0 Å². The third kappa shape index (κ3) is 1.12. The van der Waals surface area contributed by atoms with Crippen molar-refractivity contribution in [3.8, 4) is 0 Å². The Morgan fingerprint density at radius 3 is 3.09 bits per heavy atom. The molecule has 0 aromatic rings. The lowest BCUT2D eigenvalue weighted by Gasteiger charge is -2.23. The zero-order valence-electron chi connectivity index (χ0n) is 5.96. The first kappa shape index (κ1) is 7.37. The van der Waals surface area contributed by atoms with Crippen LogP contribution < -0.4 is 0 Å². The van der Waals surface area contributed by atoms with E-state index in [4.69, 9.17) is 21.1 Å². The Labute approximate surface area is 69.6 Å². The summed E-state index contributed by atoms with van der Waals surface area (Å²) in [4.78, 5) is 10.9. The summed E-state index contributed by atoms with van der Waals surface area (Å²) in [5.74, 6) is -0.249. The average Bonchev–Trinajstić information content (AvgIpc) is 2.30. The van der Waals surface area contributed by atoms with Gasteiger partial charge in [-0.25, -0.2) is 0 Å². The summed E-state index contributed by atoms with van der Waals surface area (Å²) in [6.07, 6.45) is 1.55. The summed E-state index contributed by atoms with van der Waals surface area (Å²) in [5.41, 5.74) is 0. The first-order valence-electron chi connectivity index (χ1n) is 3.75. The van der Waals surface area contributed by atoms with E-state index in [2.05, 4.69) is 0 Å². The Balaban J connectivity index is 2.11. The van der Waals surface area contributed by atoms with E-state index < -0.39 is 5.38 Å². The molecule has 0 bridgehead atoms. The van der Waals surface area contributed by atoms with Crippen LogP contribution in [0.3, 0.4) is 0 Å². The van der Waals surface area contributed by atoms with E-state index >= 15 is 0 Å². The van der Waals surface area contributed by atoms with Gasteiger partial charge in [0.05, 0.1) is 6.61 Å². The summed E-state index contributed by atoms with van der Waals surface area (Å²) in [6, 6.07) is 0. The monoisotopic (exact) mass is 176 g/mol. The fraction of sp³-hybridized carbons (Fsp3) is 0.857. The van der Waals surface area contributed by atoms with Gasteiger partial charge in [0.1, 0.15) is 5.38 Å². The minimum absolute atomic E-state index is 0.0814. The van der Waals surface area contributed by atoms with E-state index in [0.29, 0.717) is 6.61 Å². The third-order valence-electron chi connectivity index (χ3n) is 2.15. The van der Waals surface area contributed by atoms with Gasteiger partial charge in [0.2, 0.25) is 6.29 Å². The number of esters is 1. The Morgan fingerprint density at radius 2 is 2.36 bits per heavy atom. The second kappa shape index (κ2) is 2.64. The minimum Gasteiger partial charge on any atom is -0.434 e. The molecule has 0 N–H and O–H groups in total. The molecule has 0 saturated carbocycles. The quantitative estimate of drug-likeness (QED) is 0.407. The zero-order chi connectivity index (χ0) is 7.84. The van der Waals surface area contributed by atoms with Gasteiger partial charge in [0, 0.05) is 5.92 Å². The Hall–Kier alpha value is -0.280. The smallest absolute Gasteiger partial charge is 0.326 e. The van der Waals surface area contributed by atoms with Gasteiger partial charge in [-0.3, -0.25) is 4.79 Å². The van der Waals surface area contributed by atoms with Gasteiger partial charge < -0.3 is 9.47 Å².